The number of carbonyl (C=O) groups is 2. The minimum absolute atomic E-state index is 0.101. The SMILES string of the molecule is CCC(=O)C(C)(C)C(=O)OCc1ccccc1. The fourth-order valence-electron chi connectivity index (χ4n) is 1.46. The van der Waals surface area contributed by atoms with Gasteiger partial charge in [-0.15, -0.1) is 0 Å². The van der Waals surface area contributed by atoms with Crippen LogP contribution in [0.5, 0.6) is 0 Å². The van der Waals surface area contributed by atoms with E-state index in [2.05, 4.69) is 0 Å². The summed E-state index contributed by atoms with van der Waals surface area (Å²) in [6, 6.07) is 9.41. The van der Waals surface area contributed by atoms with Gasteiger partial charge < -0.3 is 4.74 Å². The van der Waals surface area contributed by atoms with E-state index in [0.717, 1.165) is 5.56 Å². The van der Waals surface area contributed by atoms with Gasteiger partial charge >= 0.3 is 5.97 Å². The number of carbonyl (C=O) groups excluding carboxylic acids is 2. The summed E-state index contributed by atoms with van der Waals surface area (Å²) in [6.45, 7) is 5.16. The van der Waals surface area contributed by atoms with Gasteiger partial charge in [0.15, 0.2) is 0 Å². The second-order valence-electron chi connectivity index (χ2n) is 4.46. The van der Waals surface area contributed by atoms with Gasteiger partial charge in [-0.1, -0.05) is 37.3 Å². The van der Waals surface area contributed by atoms with Gasteiger partial charge in [0.1, 0.15) is 17.8 Å². The highest BCUT2D eigenvalue weighted by molar-refractivity contribution is 6.02. The molecule has 0 aliphatic heterocycles. The molecular formula is C14H18O3. The Kier molecular flexibility index (Phi) is 4.44. The van der Waals surface area contributed by atoms with Crippen molar-refractivity contribution in [2.24, 2.45) is 5.41 Å². The normalized spacial score (nSPS) is 11.0. The maximum absolute atomic E-state index is 11.8. The Labute approximate surface area is 102 Å². The highest BCUT2D eigenvalue weighted by Crippen LogP contribution is 2.21. The molecule has 1 rings (SSSR count). The van der Waals surface area contributed by atoms with Crippen LogP contribution >= 0.6 is 0 Å². The predicted molar refractivity (Wildman–Crippen MR) is 65.3 cm³/mol. The lowest BCUT2D eigenvalue weighted by molar-refractivity contribution is -0.159. The molecule has 0 aromatic heterocycles. The molecule has 0 aliphatic carbocycles. The Balaban J connectivity index is 2.58. The minimum Gasteiger partial charge on any atom is -0.460 e. The number of hydrogen-bond acceptors (Lipinski definition) is 3. The zero-order chi connectivity index (χ0) is 12.9. The van der Waals surface area contributed by atoms with Gasteiger partial charge in [0.2, 0.25) is 0 Å². The highest BCUT2D eigenvalue weighted by Gasteiger charge is 2.35. The van der Waals surface area contributed by atoms with Crippen LogP contribution in [0.2, 0.25) is 0 Å². The van der Waals surface area contributed by atoms with Crippen molar-refractivity contribution in [1.82, 2.24) is 0 Å². The second kappa shape index (κ2) is 5.62. The summed E-state index contributed by atoms with van der Waals surface area (Å²) in [5.74, 6) is -0.566. The van der Waals surface area contributed by atoms with Crippen LogP contribution in [0.1, 0.15) is 32.8 Å². The van der Waals surface area contributed by atoms with Crippen LogP contribution in [0.15, 0.2) is 30.3 Å². The molecular weight excluding hydrogens is 216 g/mol. The molecule has 3 heteroatoms. The van der Waals surface area contributed by atoms with E-state index in [9.17, 15) is 9.59 Å². The van der Waals surface area contributed by atoms with Crippen LogP contribution in [0.25, 0.3) is 0 Å². The lowest BCUT2D eigenvalue weighted by Crippen LogP contribution is -2.34. The largest absolute Gasteiger partial charge is 0.460 e. The van der Waals surface area contributed by atoms with E-state index in [1.54, 1.807) is 20.8 Å². The molecule has 92 valence electrons. The highest BCUT2D eigenvalue weighted by atomic mass is 16.5. The van der Waals surface area contributed by atoms with E-state index in [-0.39, 0.29) is 12.4 Å². The number of ether oxygens (including phenoxy) is 1. The van der Waals surface area contributed by atoms with Gasteiger partial charge in [0.25, 0.3) is 0 Å². The number of Topliss-reactive ketones (excluding diaryl/α,β-unsaturated/α-hetero) is 1. The van der Waals surface area contributed by atoms with Gasteiger partial charge in [-0.2, -0.15) is 0 Å². The number of ketones is 1. The van der Waals surface area contributed by atoms with Crippen LogP contribution in [0.4, 0.5) is 0 Å². The summed E-state index contributed by atoms with van der Waals surface area (Å²) in [5.41, 5.74) is -0.135. The van der Waals surface area contributed by atoms with Gasteiger partial charge in [0, 0.05) is 6.42 Å². The molecule has 0 amide bonds. The third-order valence-corrected chi connectivity index (χ3v) is 2.74. The Bertz CT molecular complexity index is 393. The zero-order valence-electron chi connectivity index (χ0n) is 10.5. The molecule has 17 heavy (non-hydrogen) atoms. The van der Waals surface area contributed by atoms with E-state index in [1.807, 2.05) is 30.3 Å². The molecule has 1 aromatic carbocycles. The number of esters is 1. The van der Waals surface area contributed by atoms with E-state index >= 15 is 0 Å². The molecule has 3 nitrogen and oxygen atoms in total. The van der Waals surface area contributed by atoms with Crippen molar-refractivity contribution in [3.63, 3.8) is 0 Å². The maximum atomic E-state index is 11.8. The van der Waals surface area contributed by atoms with E-state index in [0.29, 0.717) is 6.42 Å². The van der Waals surface area contributed by atoms with E-state index in [4.69, 9.17) is 4.74 Å². The molecule has 0 atom stereocenters. The van der Waals surface area contributed by atoms with Crippen LogP contribution in [0.3, 0.4) is 0 Å². The molecule has 0 radical (unpaired) electrons. The predicted octanol–water partition coefficient (Wildman–Crippen LogP) is 2.74. The Morgan fingerprint density at radius 3 is 2.29 bits per heavy atom. The first-order chi connectivity index (χ1) is 7.98. The summed E-state index contributed by atoms with van der Waals surface area (Å²) in [4.78, 5) is 23.4. The zero-order valence-corrected chi connectivity index (χ0v) is 10.5. The lowest BCUT2D eigenvalue weighted by Gasteiger charge is -2.20. The van der Waals surface area contributed by atoms with Crippen molar-refractivity contribution < 1.29 is 14.3 Å². The van der Waals surface area contributed by atoms with Crippen molar-refractivity contribution in [3.8, 4) is 0 Å². The third-order valence-electron chi connectivity index (χ3n) is 2.74. The Hall–Kier alpha value is -1.64. The summed E-state index contributed by atoms with van der Waals surface area (Å²) in [7, 11) is 0. The van der Waals surface area contributed by atoms with Crippen molar-refractivity contribution >= 4 is 11.8 Å². The number of hydrogen-bond donors (Lipinski definition) is 0. The van der Waals surface area contributed by atoms with Crippen LogP contribution in [0, 0.1) is 5.41 Å². The van der Waals surface area contributed by atoms with Crippen molar-refractivity contribution in [2.75, 3.05) is 0 Å². The average molecular weight is 234 g/mol. The molecule has 0 unspecified atom stereocenters. The van der Waals surface area contributed by atoms with Crippen molar-refractivity contribution in [2.45, 2.75) is 33.8 Å². The van der Waals surface area contributed by atoms with Crippen LogP contribution in [-0.4, -0.2) is 11.8 Å². The first-order valence-electron chi connectivity index (χ1n) is 5.73. The minimum atomic E-state index is -1.05. The lowest BCUT2D eigenvalue weighted by atomic mass is 9.87. The van der Waals surface area contributed by atoms with Crippen LogP contribution < -0.4 is 0 Å². The quantitative estimate of drug-likeness (QED) is 0.581. The summed E-state index contributed by atoms with van der Waals surface area (Å²) >= 11 is 0. The average Bonchev–Trinajstić information content (AvgIpc) is 2.35. The smallest absolute Gasteiger partial charge is 0.319 e. The van der Waals surface area contributed by atoms with Crippen molar-refractivity contribution in [1.29, 1.82) is 0 Å². The molecule has 0 heterocycles. The van der Waals surface area contributed by atoms with Gasteiger partial charge in [-0.25, -0.2) is 0 Å². The molecule has 0 saturated heterocycles. The topological polar surface area (TPSA) is 43.4 Å². The molecule has 0 bridgehead atoms. The number of rotatable bonds is 5. The molecule has 0 N–H and O–H groups in total. The summed E-state index contributed by atoms with van der Waals surface area (Å²) in [6.07, 6.45) is 0.341. The molecule has 0 fully saturated rings. The summed E-state index contributed by atoms with van der Waals surface area (Å²) in [5, 5.41) is 0. The monoisotopic (exact) mass is 234 g/mol. The summed E-state index contributed by atoms with van der Waals surface area (Å²) < 4.78 is 5.16. The molecule has 1 aromatic rings. The fourth-order valence-corrected chi connectivity index (χ4v) is 1.46. The Morgan fingerprint density at radius 2 is 1.76 bits per heavy atom. The van der Waals surface area contributed by atoms with Gasteiger partial charge in [0.05, 0.1) is 0 Å². The maximum Gasteiger partial charge on any atom is 0.319 e. The first-order valence-corrected chi connectivity index (χ1v) is 5.73. The molecule has 0 saturated carbocycles. The van der Waals surface area contributed by atoms with E-state index < -0.39 is 11.4 Å². The molecule has 0 spiro atoms. The van der Waals surface area contributed by atoms with Crippen LogP contribution in [-0.2, 0) is 20.9 Å². The standard InChI is InChI=1S/C14H18O3/c1-4-12(15)14(2,3)13(16)17-10-11-8-6-5-7-9-11/h5-9H,4,10H2,1-3H3. The fraction of sp³-hybridized carbons (Fsp3) is 0.429. The first kappa shape index (κ1) is 13.4. The number of benzene rings is 1. The third kappa shape index (κ3) is 3.41. The van der Waals surface area contributed by atoms with Crippen molar-refractivity contribution in [3.05, 3.63) is 35.9 Å². The van der Waals surface area contributed by atoms with Gasteiger partial charge in [-0.05, 0) is 19.4 Å². The van der Waals surface area contributed by atoms with Gasteiger partial charge in [-0.3, -0.25) is 9.59 Å². The Morgan fingerprint density at radius 1 is 1.18 bits per heavy atom. The van der Waals surface area contributed by atoms with E-state index in [1.165, 1.54) is 0 Å². The molecule has 0 aliphatic rings. The second-order valence-corrected chi connectivity index (χ2v) is 4.46.